The minimum Gasteiger partial charge on any atom is -0.508 e. The first-order valence-corrected chi connectivity index (χ1v) is 8.27. The Balaban J connectivity index is 0.000000162. The molecule has 0 amide bonds. The summed E-state index contributed by atoms with van der Waals surface area (Å²) in [5.41, 5.74) is 0.186. The zero-order chi connectivity index (χ0) is 20.3. The molecular formula is C22H16O6. The number of fused-ring (bicyclic) bond motifs is 2. The maximum absolute atomic E-state index is 10.8. The van der Waals surface area contributed by atoms with Crippen LogP contribution in [0.4, 0.5) is 0 Å². The minimum atomic E-state index is -1.20. The smallest absolute Gasteiger partial charge is 0.339 e. The van der Waals surface area contributed by atoms with Crippen molar-refractivity contribution in [2.24, 2.45) is 0 Å². The van der Waals surface area contributed by atoms with Crippen LogP contribution >= 0.6 is 0 Å². The molecule has 4 aromatic rings. The fourth-order valence-electron chi connectivity index (χ4n) is 2.86. The summed E-state index contributed by atoms with van der Waals surface area (Å²) < 4.78 is 0. The predicted molar refractivity (Wildman–Crippen MR) is 105 cm³/mol. The van der Waals surface area contributed by atoms with Gasteiger partial charge in [-0.1, -0.05) is 42.5 Å². The van der Waals surface area contributed by atoms with E-state index in [1.54, 1.807) is 18.2 Å². The number of carbonyl (C=O) groups is 2. The maximum Gasteiger partial charge on any atom is 0.339 e. The monoisotopic (exact) mass is 376 g/mol. The van der Waals surface area contributed by atoms with Crippen molar-refractivity contribution in [1.82, 2.24) is 0 Å². The molecule has 0 unspecified atom stereocenters. The SMILES string of the molecule is O=C(O)c1cc2cc(O)ccc2cc1O.O=C(O)c1cccc2ccccc12. The molecule has 0 aliphatic rings. The highest BCUT2D eigenvalue weighted by molar-refractivity contribution is 6.03. The number of carboxylic acids is 2. The molecule has 0 bridgehead atoms. The molecule has 0 saturated carbocycles. The van der Waals surface area contributed by atoms with Gasteiger partial charge < -0.3 is 20.4 Å². The molecule has 6 nitrogen and oxygen atoms in total. The number of aromatic carboxylic acids is 2. The quantitative estimate of drug-likeness (QED) is 0.410. The second-order valence-corrected chi connectivity index (χ2v) is 6.04. The van der Waals surface area contributed by atoms with Crippen molar-refractivity contribution in [3.8, 4) is 11.5 Å². The van der Waals surface area contributed by atoms with Crippen molar-refractivity contribution in [2.75, 3.05) is 0 Å². The number of aromatic hydroxyl groups is 2. The third-order valence-electron chi connectivity index (χ3n) is 4.19. The molecule has 0 atom stereocenters. The molecule has 0 radical (unpaired) electrons. The van der Waals surface area contributed by atoms with Gasteiger partial charge in [0.05, 0.1) is 5.56 Å². The van der Waals surface area contributed by atoms with Gasteiger partial charge in [-0.3, -0.25) is 0 Å². The Kier molecular flexibility index (Phi) is 5.13. The average Bonchev–Trinajstić information content (AvgIpc) is 2.67. The van der Waals surface area contributed by atoms with Gasteiger partial charge in [0.2, 0.25) is 0 Å². The number of rotatable bonds is 2. The van der Waals surface area contributed by atoms with Crippen LogP contribution < -0.4 is 0 Å². The van der Waals surface area contributed by atoms with Crippen LogP contribution in [0.5, 0.6) is 11.5 Å². The number of hydrogen-bond acceptors (Lipinski definition) is 4. The lowest BCUT2D eigenvalue weighted by molar-refractivity contribution is 0.0685. The van der Waals surface area contributed by atoms with Crippen molar-refractivity contribution in [3.05, 3.63) is 83.9 Å². The normalized spacial score (nSPS) is 10.3. The highest BCUT2D eigenvalue weighted by Gasteiger charge is 2.10. The van der Waals surface area contributed by atoms with E-state index in [4.69, 9.17) is 10.2 Å². The molecule has 0 aromatic heterocycles. The third kappa shape index (κ3) is 3.86. The summed E-state index contributed by atoms with van der Waals surface area (Å²) in [5.74, 6) is -2.29. The molecule has 4 N–H and O–H groups in total. The van der Waals surface area contributed by atoms with E-state index in [9.17, 15) is 19.8 Å². The van der Waals surface area contributed by atoms with Gasteiger partial charge in [0, 0.05) is 0 Å². The highest BCUT2D eigenvalue weighted by atomic mass is 16.4. The zero-order valence-corrected chi connectivity index (χ0v) is 14.5. The minimum absolute atomic E-state index is 0.0597. The lowest BCUT2D eigenvalue weighted by Gasteiger charge is -2.03. The summed E-state index contributed by atoms with van der Waals surface area (Å²) in [7, 11) is 0. The van der Waals surface area contributed by atoms with Gasteiger partial charge in [0.15, 0.2) is 0 Å². The molecule has 0 spiro atoms. The third-order valence-corrected chi connectivity index (χ3v) is 4.19. The molecule has 0 heterocycles. The van der Waals surface area contributed by atoms with Gasteiger partial charge in [0.25, 0.3) is 0 Å². The number of benzene rings is 4. The molecule has 4 aromatic carbocycles. The Morgan fingerprint density at radius 3 is 2.00 bits per heavy atom. The van der Waals surface area contributed by atoms with Crippen LogP contribution in [-0.2, 0) is 0 Å². The van der Waals surface area contributed by atoms with Crippen LogP contribution in [0, 0.1) is 0 Å². The van der Waals surface area contributed by atoms with E-state index in [1.807, 2.05) is 30.3 Å². The second-order valence-electron chi connectivity index (χ2n) is 6.04. The Morgan fingerprint density at radius 1 is 0.607 bits per heavy atom. The van der Waals surface area contributed by atoms with Crippen molar-refractivity contribution < 1.29 is 30.0 Å². The Labute approximate surface area is 159 Å². The predicted octanol–water partition coefficient (Wildman–Crippen LogP) is 4.49. The zero-order valence-electron chi connectivity index (χ0n) is 14.5. The molecule has 0 aliphatic carbocycles. The maximum atomic E-state index is 10.8. The standard InChI is InChI=1S/C11H8O4.C11H8O2/c12-8-2-1-6-5-10(13)9(11(14)15)4-7(6)3-8;12-11(13)10-7-3-5-8-4-1-2-6-9(8)10/h1-5,12-13H,(H,14,15);1-7H,(H,12,13). The van der Waals surface area contributed by atoms with Crippen LogP contribution in [0.3, 0.4) is 0 Å². The second kappa shape index (κ2) is 7.67. The molecular weight excluding hydrogens is 360 g/mol. The van der Waals surface area contributed by atoms with E-state index in [1.165, 1.54) is 24.3 Å². The van der Waals surface area contributed by atoms with E-state index in [0.29, 0.717) is 16.3 Å². The van der Waals surface area contributed by atoms with Crippen molar-refractivity contribution in [2.45, 2.75) is 0 Å². The largest absolute Gasteiger partial charge is 0.508 e. The summed E-state index contributed by atoms with van der Waals surface area (Å²) in [5, 5.41) is 39.3. The molecule has 140 valence electrons. The molecule has 0 saturated heterocycles. The van der Waals surface area contributed by atoms with Gasteiger partial charge in [-0.2, -0.15) is 0 Å². The summed E-state index contributed by atoms with van der Waals surface area (Å²) >= 11 is 0. The Bertz CT molecular complexity index is 1190. The number of phenolic OH excluding ortho intramolecular Hbond substituents is 1. The number of phenols is 2. The summed E-state index contributed by atoms with van der Waals surface area (Å²) in [6.07, 6.45) is 0. The van der Waals surface area contributed by atoms with E-state index >= 15 is 0 Å². The summed E-state index contributed by atoms with van der Waals surface area (Å²) in [6, 6.07) is 20.0. The Morgan fingerprint density at radius 2 is 1.29 bits per heavy atom. The van der Waals surface area contributed by atoms with Crippen LogP contribution in [-0.4, -0.2) is 32.4 Å². The van der Waals surface area contributed by atoms with Crippen molar-refractivity contribution in [1.29, 1.82) is 0 Å². The number of carboxylic acid groups (broad SMARTS) is 2. The summed E-state index contributed by atoms with van der Waals surface area (Å²) in [6.45, 7) is 0. The first-order valence-electron chi connectivity index (χ1n) is 8.27. The van der Waals surface area contributed by atoms with E-state index in [-0.39, 0.29) is 17.1 Å². The van der Waals surface area contributed by atoms with Crippen molar-refractivity contribution >= 4 is 33.5 Å². The lowest BCUT2D eigenvalue weighted by atomic mass is 10.1. The molecule has 4 rings (SSSR count). The van der Waals surface area contributed by atoms with E-state index < -0.39 is 11.9 Å². The van der Waals surface area contributed by atoms with Crippen LogP contribution in [0.1, 0.15) is 20.7 Å². The van der Waals surface area contributed by atoms with Gasteiger partial charge in [-0.15, -0.1) is 0 Å². The average molecular weight is 376 g/mol. The fraction of sp³-hybridized carbons (Fsp3) is 0. The van der Waals surface area contributed by atoms with Crippen molar-refractivity contribution in [3.63, 3.8) is 0 Å². The van der Waals surface area contributed by atoms with Crippen LogP contribution in [0.2, 0.25) is 0 Å². The topological polar surface area (TPSA) is 115 Å². The van der Waals surface area contributed by atoms with Crippen LogP contribution in [0.25, 0.3) is 21.5 Å². The number of hydrogen-bond donors (Lipinski definition) is 4. The molecule has 28 heavy (non-hydrogen) atoms. The van der Waals surface area contributed by atoms with Gasteiger partial charge in [-0.25, -0.2) is 9.59 Å². The first kappa shape index (κ1) is 18.7. The Hall–Kier alpha value is -4.06. The highest BCUT2D eigenvalue weighted by Crippen LogP contribution is 2.27. The van der Waals surface area contributed by atoms with E-state index in [0.717, 1.165) is 10.8 Å². The summed E-state index contributed by atoms with van der Waals surface area (Å²) in [4.78, 5) is 21.5. The molecule has 6 heteroatoms. The fourth-order valence-corrected chi connectivity index (χ4v) is 2.86. The molecule has 0 fully saturated rings. The lowest BCUT2D eigenvalue weighted by Crippen LogP contribution is -1.96. The first-order chi connectivity index (χ1) is 13.4. The van der Waals surface area contributed by atoms with Gasteiger partial charge >= 0.3 is 11.9 Å². The van der Waals surface area contributed by atoms with Crippen LogP contribution in [0.15, 0.2) is 72.8 Å². The van der Waals surface area contributed by atoms with Gasteiger partial charge in [0.1, 0.15) is 17.1 Å². The molecule has 0 aliphatic heterocycles. The van der Waals surface area contributed by atoms with E-state index in [2.05, 4.69) is 0 Å². The van der Waals surface area contributed by atoms with Gasteiger partial charge in [-0.05, 0) is 51.9 Å².